The molecule has 0 unspecified atom stereocenters. The van der Waals surface area contributed by atoms with E-state index in [-0.39, 0.29) is 18.5 Å². The van der Waals surface area contributed by atoms with E-state index in [9.17, 15) is 4.79 Å². The predicted octanol–water partition coefficient (Wildman–Crippen LogP) is 2.76. The Morgan fingerprint density at radius 2 is 2.00 bits per heavy atom. The minimum atomic E-state index is -0.665. The number of hydrogen-bond acceptors (Lipinski definition) is 8. The zero-order chi connectivity index (χ0) is 16.9. The lowest BCUT2D eigenvalue weighted by Gasteiger charge is -2.06. The van der Waals surface area contributed by atoms with Crippen LogP contribution in [0.5, 0.6) is 0 Å². The fraction of sp³-hybridized carbons (Fsp3) is 0.188. The van der Waals surface area contributed by atoms with Crippen molar-refractivity contribution in [2.75, 3.05) is 11.9 Å². The van der Waals surface area contributed by atoms with Crippen molar-refractivity contribution in [3.8, 4) is 11.3 Å². The lowest BCUT2D eigenvalue weighted by molar-refractivity contribution is 0.0481. The van der Waals surface area contributed by atoms with Crippen LogP contribution in [0.4, 0.5) is 11.8 Å². The van der Waals surface area contributed by atoms with Gasteiger partial charge in [-0.2, -0.15) is 0 Å². The summed E-state index contributed by atoms with van der Waals surface area (Å²) in [7, 11) is 0. The largest absolute Gasteiger partial charge is 0.459 e. The fourth-order valence-corrected chi connectivity index (χ4v) is 2.05. The van der Waals surface area contributed by atoms with E-state index in [2.05, 4.69) is 25.5 Å². The van der Waals surface area contributed by atoms with Crippen LogP contribution in [0.25, 0.3) is 11.3 Å². The summed E-state index contributed by atoms with van der Waals surface area (Å²) in [6.07, 6.45) is 0. The van der Waals surface area contributed by atoms with Gasteiger partial charge in [0, 0.05) is 11.6 Å². The zero-order valence-electron chi connectivity index (χ0n) is 13.2. The number of nitrogens with zero attached hydrogens (tertiary/aromatic N) is 4. The highest BCUT2D eigenvalue weighted by Gasteiger charge is 2.16. The van der Waals surface area contributed by atoms with Gasteiger partial charge in [0.15, 0.2) is 0 Å². The number of carbonyl (C=O) groups is 1. The molecule has 0 aliphatic heterocycles. The molecule has 3 rings (SSSR count). The minimum absolute atomic E-state index is 0.0511. The first-order chi connectivity index (χ1) is 11.7. The van der Waals surface area contributed by atoms with Gasteiger partial charge in [-0.1, -0.05) is 40.5 Å². The Bertz CT molecular complexity index is 848. The highest BCUT2D eigenvalue weighted by Crippen LogP contribution is 2.21. The molecule has 1 aromatic carbocycles. The first kappa shape index (κ1) is 15.6. The Hall–Kier alpha value is -3.29. The molecular weight excluding hydrogens is 310 g/mol. The van der Waals surface area contributed by atoms with Crippen molar-refractivity contribution in [3.05, 3.63) is 48.1 Å². The average molecular weight is 325 g/mol. The van der Waals surface area contributed by atoms with E-state index in [1.807, 2.05) is 30.3 Å². The molecule has 0 atom stereocenters. The van der Waals surface area contributed by atoms with Gasteiger partial charge >= 0.3 is 17.9 Å². The van der Waals surface area contributed by atoms with Crippen molar-refractivity contribution >= 4 is 17.8 Å². The number of anilines is 2. The summed E-state index contributed by atoms with van der Waals surface area (Å²) in [6.45, 7) is 3.72. The molecule has 0 spiro atoms. The van der Waals surface area contributed by atoms with Crippen molar-refractivity contribution in [3.63, 3.8) is 0 Å². The maximum absolute atomic E-state index is 11.5. The molecule has 8 heteroatoms. The molecule has 1 N–H and O–H groups in total. The Balaban J connectivity index is 1.83. The van der Waals surface area contributed by atoms with Crippen molar-refractivity contribution in [2.45, 2.75) is 13.8 Å². The van der Waals surface area contributed by atoms with Crippen LogP contribution in [0.1, 0.15) is 23.4 Å². The summed E-state index contributed by atoms with van der Waals surface area (Å²) >= 11 is 0. The Labute approximate surface area is 137 Å². The van der Waals surface area contributed by atoms with E-state index < -0.39 is 5.97 Å². The topological polar surface area (TPSA) is 103 Å². The van der Waals surface area contributed by atoms with Gasteiger partial charge in [-0.15, -0.1) is 0 Å². The van der Waals surface area contributed by atoms with Gasteiger partial charge in [-0.25, -0.2) is 14.8 Å². The maximum atomic E-state index is 11.5. The number of hydrogen-bond donors (Lipinski definition) is 1. The molecule has 8 nitrogen and oxygen atoms in total. The van der Waals surface area contributed by atoms with Gasteiger partial charge in [0.05, 0.1) is 12.3 Å². The average Bonchev–Trinajstić information content (AvgIpc) is 3.04. The van der Waals surface area contributed by atoms with E-state index in [1.165, 1.54) is 0 Å². The molecular formula is C16H15N5O3. The molecule has 0 saturated heterocycles. The summed E-state index contributed by atoms with van der Waals surface area (Å²) in [4.78, 5) is 20.2. The summed E-state index contributed by atoms with van der Waals surface area (Å²) in [5.41, 5.74) is 1.72. The van der Waals surface area contributed by atoms with E-state index in [0.717, 1.165) is 11.3 Å². The molecule has 122 valence electrons. The van der Waals surface area contributed by atoms with Crippen LogP contribution < -0.4 is 5.32 Å². The van der Waals surface area contributed by atoms with Crippen molar-refractivity contribution in [1.29, 1.82) is 0 Å². The Kier molecular flexibility index (Phi) is 4.46. The SMILES string of the molecule is CCOC(=O)c1nnc(Nc2cc(-c3ccccc3)nc(C)n2)o1. The third-order valence-corrected chi connectivity index (χ3v) is 3.02. The van der Waals surface area contributed by atoms with Crippen molar-refractivity contribution < 1.29 is 13.9 Å². The van der Waals surface area contributed by atoms with Gasteiger partial charge in [-0.3, -0.25) is 5.32 Å². The molecule has 0 bridgehead atoms. The molecule has 24 heavy (non-hydrogen) atoms. The number of ether oxygens (including phenoxy) is 1. The summed E-state index contributed by atoms with van der Waals surface area (Å²) < 4.78 is 10.0. The van der Waals surface area contributed by atoms with Gasteiger partial charge < -0.3 is 9.15 Å². The molecule has 0 aliphatic rings. The smallest absolute Gasteiger partial charge is 0.396 e. The second-order valence-corrected chi connectivity index (χ2v) is 4.81. The Morgan fingerprint density at radius 3 is 2.75 bits per heavy atom. The van der Waals surface area contributed by atoms with Crippen molar-refractivity contribution in [1.82, 2.24) is 20.2 Å². The van der Waals surface area contributed by atoms with Crippen LogP contribution >= 0.6 is 0 Å². The fourth-order valence-electron chi connectivity index (χ4n) is 2.05. The van der Waals surface area contributed by atoms with E-state index in [4.69, 9.17) is 9.15 Å². The standard InChI is InChI=1S/C16H15N5O3/c1-3-23-15(22)14-20-21-16(24-14)19-13-9-12(17-10(2)18-13)11-7-5-4-6-8-11/h4-9H,3H2,1-2H3,(H,17,18,19,21). The zero-order valence-corrected chi connectivity index (χ0v) is 13.2. The number of aryl methyl sites for hydroxylation is 1. The quantitative estimate of drug-likeness (QED) is 0.714. The van der Waals surface area contributed by atoms with Gasteiger partial charge in [-0.05, 0) is 13.8 Å². The van der Waals surface area contributed by atoms with E-state index in [0.29, 0.717) is 11.6 Å². The molecule has 0 fully saturated rings. The lowest BCUT2D eigenvalue weighted by Crippen LogP contribution is -2.04. The molecule has 0 aliphatic carbocycles. The molecule has 2 heterocycles. The summed E-state index contributed by atoms with van der Waals surface area (Å²) in [5.74, 6) is 0.194. The van der Waals surface area contributed by atoms with E-state index in [1.54, 1.807) is 19.9 Å². The number of aromatic nitrogens is 4. The van der Waals surface area contributed by atoms with Crippen molar-refractivity contribution in [2.24, 2.45) is 0 Å². The van der Waals surface area contributed by atoms with Crippen LogP contribution in [0.3, 0.4) is 0 Å². The molecule has 0 saturated carbocycles. The van der Waals surface area contributed by atoms with Crippen LogP contribution in [0, 0.1) is 6.92 Å². The first-order valence-corrected chi connectivity index (χ1v) is 7.34. The van der Waals surface area contributed by atoms with Crippen LogP contribution in [-0.4, -0.2) is 32.7 Å². The molecule has 0 amide bonds. The van der Waals surface area contributed by atoms with Gasteiger partial charge in [0.1, 0.15) is 11.6 Å². The molecule has 2 aromatic heterocycles. The van der Waals surface area contributed by atoms with Crippen LogP contribution in [0.2, 0.25) is 0 Å². The van der Waals surface area contributed by atoms with Crippen LogP contribution in [0.15, 0.2) is 40.8 Å². The maximum Gasteiger partial charge on any atom is 0.396 e. The highest BCUT2D eigenvalue weighted by molar-refractivity contribution is 5.84. The third kappa shape index (κ3) is 3.54. The second kappa shape index (κ2) is 6.86. The number of carbonyl (C=O) groups excluding carboxylic acids is 1. The number of nitrogens with one attached hydrogen (secondary N) is 1. The lowest BCUT2D eigenvalue weighted by atomic mass is 10.1. The first-order valence-electron chi connectivity index (χ1n) is 7.34. The predicted molar refractivity (Wildman–Crippen MR) is 85.7 cm³/mol. The normalized spacial score (nSPS) is 10.4. The number of rotatable bonds is 5. The minimum Gasteiger partial charge on any atom is -0.459 e. The summed E-state index contributed by atoms with van der Waals surface area (Å²) in [5, 5.41) is 10.3. The number of benzene rings is 1. The monoisotopic (exact) mass is 325 g/mol. The number of esters is 1. The van der Waals surface area contributed by atoms with E-state index >= 15 is 0 Å². The highest BCUT2D eigenvalue weighted by atomic mass is 16.5. The summed E-state index contributed by atoms with van der Waals surface area (Å²) in [6, 6.07) is 11.5. The Morgan fingerprint density at radius 1 is 1.21 bits per heavy atom. The molecule has 0 radical (unpaired) electrons. The van der Waals surface area contributed by atoms with Gasteiger partial charge in [0.25, 0.3) is 0 Å². The van der Waals surface area contributed by atoms with Crippen LogP contribution in [-0.2, 0) is 4.74 Å². The molecule has 3 aromatic rings. The van der Waals surface area contributed by atoms with Gasteiger partial charge in [0.2, 0.25) is 0 Å². The third-order valence-electron chi connectivity index (χ3n) is 3.02. The second-order valence-electron chi connectivity index (χ2n) is 4.81.